The van der Waals surface area contributed by atoms with Crippen LogP contribution in [0.4, 0.5) is 0 Å². The first-order valence-electron chi connectivity index (χ1n) is 0. The van der Waals surface area contributed by atoms with Gasteiger partial charge in [0.25, 0.3) is 0 Å². The molecule has 0 atom stereocenters. The topological polar surface area (TPSA) is 0 Å². The molecule has 0 saturated heterocycles. The SMILES string of the molecule is Br.Br.Br.Br.[Zr].[Zr]. The van der Waals surface area contributed by atoms with Gasteiger partial charge in [-0.3, -0.25) is 0 Å². The van der Waals surface area contributed by atoms with Crippen LogP contribution in [0.1, 0.15) is 0 Å². The van der Waals surface area contributed by atoms with Gasteiger partial charge in [0.15, 0.2) is 0 Å². The first-order chi connectivity index (χ1) is 0. The molecule has 0 aliphatic heterocycles. The van der Waals surface area contributed by atoms with E-state index in [9.17, 15) is 0 Å². The molecule has 6 heteroatoms. The van der Waals surface area contributed by atoms with Crippen LogP contribution in [0.5, 0.6) is 0 Å². The maximum absolute atomic E-state index is 0. The van der Waals surface area contributed by atoms with Gasteiger partial charge in [-0.2, -0.15) is 0 Å². The molecule has 0 aromatic heterocycles. The molecule has 0 aliphatic carbocycles. The van der Waals surface area contributed by atoms with Gasteiger partial charge >= 0.3 is 0 Å². The zero-order valence-corrected chi connectivity index (χ0v) is 14.4. The van der Waals surface area contributed by atoms with Crippen molar-refractivity contribution >= 4 is 67.9 Å². The molecule has 0 nitrogen and oxygen atoms in total. The van der Waals surface area contributed by atoms with Crippen molar-refractivity contribution in [2.45, 2.75) is 0 Å². The zero-order valence-electron chi connectivity index (χ0n) is 2.63. The molecule has 0 heterocycles. The molecule has 40 valence electrons. The second-order valence-corrected chi connectivity index (χ2v) is 0. The van der Waals surface area contributed by atoms with E-state index in [1.807, 2.05) is 0 Å². The Kier molecular flexibility index (Phi) is 339. The van der Waals surface area contributed by atoms with E-state index >= 15 is 0 Å². The van der Waals surface area contributed by atoms with E-state index in [1.165, 1.54) is 0 Å². The molecule has 0 saturated carbocycles. The second kappa shape index (κ2) is 37.8. The van der Waals surface area contributed by atoms with Gasteiger partial charge in [-0.25, -0.2) is 0 Å². The molecule has 0 rings (SSSR count). The van der Waals surface area contributed by atoms with E-state index in [4.69, 9.17) is 0 Å². The summed E-state index contributed by atoms with van der Waals surface area (Å²) in [6.07, 6.45) is 0. The van der Waals surface area contributed by atoms with Crippen LogP contribution in [0.2, 0.25) is 0 Å². The van der Waals surface area contributed by atoms with Gasteiger partial charge < -0.3 is 0 Å². The first-order valence-corrected chi connectivity index (χ1v) is 0. The van der Waals surface area contributed by atoms with Crippen LogP contribution >= 0.6 is 67.9 Å². The molecule has 0 unspecified atom stereocenters. The number of halogens is 4. The van der Waals surface area contributed by atoms with Crippen molar-refractivity contribution in [3.05, 3.63) is 0 Å². The predicted molar refractivity (Wildman–Crippen MR) is 41.3 cm³/mol. The number of rotatable bonds is 0. The van der Waals surface area contributed by atoms with Gasteiger partial charge in [0.2, 0.25) is 0 Å². The van der Waals surface area contributed by atoms with Crippen LogP contribution in [0, 0.1) is 0 Å². The second-order valence-electron chi connectivity index (χ2n) is 0. The molecule has 0 N–H and O–H groups in total. The number of hydrogen-bond acceptors (Lipinski definition) is 0. The standard InChI is InChI=1S/4BrH.2Zr/h4*1H;;. The maximum atomic E-state index is 0. The van der Waals surface area contributed by atoms with Crippen molar-refractivity contribution in [1.29, 1.82) is 0 Å². The summed E-state index contributed by atoms with van der Waals surface area (Å²) in [5, 5.41) is 0. The Labute approximate surface area is 118 Å². The van der Waals surface area contributed by atoms with Gasteiger partial charge in [-0.05, 0) is 0 Å². The smallest absolute Gasteiger partial charge is 0 e. The van der Waals surface area contributed by atoms with Gasteiger partial charge in [-0.1, -0.05) is 0 Å². The van der Waals surface area contributed by atoms with Crippen molar-refractivity contribution in [2.75, 3.05) is 0 Å². The van der Waals surface area contributed by atoms with Crippen molar-refractivity contribution in [1.82, 2.24) is 0 Å². The molecule has 6 heavy (non-hydrogen) atoms. The molecule has 0 spiro atoms. The third-order valence-corrected chi connectivity index (χ3v) is 0. The normalized spacial score (nSPS) is 0. The summed E-state index contributed by atoms with van der Waals surface area (Å²) in [6, 6.07) is 0. The van der Waals surface area contributed by atoms with E-state index in [0.29, 0.717) is 0 Å². The fourth-order valence-electron chi connectivity index (χ4n) is 0. The van der Waals surface area contributed by atoms with Crippen molar-refractivity contribution in [2.24, 2.45) is 0 Å². The van der Waals surface area contributed by atoms with Crippen LogP contribution in [0.3, 0.4) is 0 Å². The van der Waals surface area contributed by atoms with Gasteiger partial charge in [0, 0.05) is 52.4 Å². The predicted octanol–water partition coefficient (Wildman–Crippen LogP) is 2.31. The fraction of sp³-hybridized carbons (Fsp3) is 0. The summed E-state index contributed by atoms with van der Waals surface area (Å²) in [5.41, 5.74) is 0. The monoisotopic (exact) mass is 500 g/mol. The summed E-state index contributed by atoms with van der Waals surface area (Å²) in [6.45, 7) is 0. The van der Waals surface area contributed by atoms with E-state index in [-0.39, 0.29) is 120 Å². The Morgan fingerprint density at radius 3 is 0.333 bits per heavy atom. The first kappa shape index (κ1) is 53.8. The van der Waals surface area contributed by atoms with Crippen LogP contribution in [0.25, 0.3) is 0 Å². The molecular formula is H4Br4Zr2. The summed E-state index contributed by atoms with van der Waals surface area (Å²) >= 11 is 0. The Balaban J connectivity index is 0. The molecular weight excluding hydrogens is 502 g/mol. The third kappa shape index (κ3) is 25.3. The maximum Gasteiger partial charge on any atom is 0 e. The largest absolute Gasteiger partial charge is 0.114 e. The van der Waals surface area contributed by atoms with Crippen molar-refractivity contribution < 1.29 is 52.4 Å². The van der Waals surface area contributed by atoms with E-state index in [0.717, 1.165) is 0 Å². The van der Waals surface area contributed by atoms with Crippen LogP contribution in [-0.2, 0) is 52.4 Å². The molecule has 0 aliphatic rings. The minimum atomic E-state index is 0. The molecule has 0 bridgehead atoms. The molecule has 0 fully saturated rings. The van der Waals surface area contributed by atoms with Crippen LogP contribution in [-0.4, -0.2) is 0 Å². The summed E-state index contributed by atoms with van der Waals surface area (Å²) in [5.74, 6) is 0. The third-order valence-electron chi connectivity index (χ3n) is 0. The Morgan fingerprint density at radius 1 is 0.333 bits per heavy atom. The Hall–Kier alpha value is 3.69. The molecule has 0 amide bonds. The quantitative estimate of drug-likeness (QED) is 0.474. The van der Waals surface area contributed by atoms with Crippen LogP contribution in [0.15, 0.2) is 0 Å². The van der Waals surface area contributed by atoms with E-state index in [1.54, 1.807) is 0 Å². The average Bonchev–Trinajstić information content (AvgIpc) is 0. The van der Waals surface area contributed by atoms with Crippen molar-refractivity contribution in [3.8, 4) is 0 Å². The molecule has 0 radical (unpaired) electrons. The van der Waals surface area contributed by atoms with E-state index in [2.05, 4.69) is 0 Å². The molecule has 0 aromatic rings. The minimum absolute atomic E-state index is 0. The van der Waals surface area contributed by atoms with Crippen LogP contribution < -0.4 is 0 Å². The average molecular weight is 506 g/mol. The summed E-state index contributed by atoms with van der Waals surface area (Å²) < 4.78 is 0. The zero-order chi connectivity index (χ0) is 0. The van der Waals surface area contributed by atoms with E-state index < -0.39 is 0 Å². The Bertz CT molecular complexity index is 5.51. The fourth-order valence-corrected chi connectivity index (χ4v) is 0. The molecule has 0 aromatic carbocycles. The summed E-state index contributed by atoms with van der Waals surface area (Å²) in [7, 11) is 0. The number of hydrogen-bond donors (Lipinski definition) is 0. The van der Waals surface area contributed by atoms with Gasteiger partial charge in [0.05, 0.1) is 0 Å². The van der Waals surface area contributed by atoms with Crippen molar-refractivity contribution in [3.63, 3.8) is 0 Å². The van der Waals surface area contributed by atoms with Gasteiger partial charge in [-0.15, -0.1) is 67.9 Å². The minimum Gasteiger partial charge on any atom is -0.114 e. The Morgan fingerprint density at radius 2 is 0.333 bits per heavy atom. The summed E-state index contributed by atoms with van der Waals surface area (Å²) in [4.78, 5) is 0. The van der Waals surface area contributed by atoms with Gasteiger partial charge in [0.1, 0.15) is 0 Å².